The first-order valence-electron chi connectivity index (χ1n) is 7.78. The van der Waals surface area contributed by atoms with Crippen LogP contribution in [0.5, 0.6) is 0 Å². The van der Waals surface area contributed by atoms with E-state index >= 15 is 0 Å². The molecule has 1 unspecified atom stereocenters. The van der Waals surface area contributed by atoms with Crippen molar-refractivity contribution in [1.82, 2.24) is 10.3 Å². The zero-order chi connectivity index (χ0) is 13.8. The average Bonchev–Trinajstić information content (AvgIpc) is 2.36. The van der Waals surface area contributed by atoms with Crippen LogP contribution in [-0.2, 0) is 0 Å². The molecule has 1 fully saturated rings. The van der Waals surface area contributed by atoms with Gasteiger partial charge in [-0.15, -0.1) is 0 Å². The molecule has 1 aromatic rings. The number of pyridine rings is 1. The van der Waals surface area contributed by atoms with Gasteiger partial charge in [0.1, 0.15) is 0 Å². The summed E-state index contributed by atoms with van der Waals surface area (Å²) >= 11 is 0. The summed E-state index contributed by atoms with van der Waals surface area (Å²) in [5.74, 6) is 1.71. The molecule has 2 nitrogen and oxygen atoms in total. The molecule has 0 bridgehead atoms. The summed E-state index contributed by atoms with van der Waals surface area (Å²) in [6.07, 6.45) is 5.49. The van der Waals surface area contributed by atoms with Crippen molar-refractivity contribution in [2.45, 2.75) is 59.4 Å². The fraction of sp³-hybridized carbons (Fsp3) is 0.706. The minimum absolute atomic E-state index is 0.512. The highest BCUT2D eigenvalue weighted by atomic mass is 14.9. The van der Waals surface area contributed by atoms with Gasteiger partial charge in [-0.2, -0.15) is 0 Å². The largest absolute Gasteiger partial charge is 0.310 e. The maximum atomic E-state index is 4.51. The van der Waals surface area contributed by atoms with Gasteiger partial charge in [-0.1, -0.05) is 26.7 Å². The smallest absolute Gasteiger partial charge is 0.0379 e. The van der Waals surface area contributed by atoms with Gasteiger partial charge in [-0.25, -0.2) is 0 Å². The molecule has 0 radical (unpaired) electrons. The van der Waals surface area contributed by atoms with Crippen molar-refractivity contribution in [3.8, 4) is 0 Å². The maximum absolute atomic E-state index is 4.51. The Balaban J connectivity index is 2.19. The fourth-order valence-electron chi connectivity index (χ4n) is 3.44. The Morgan fingerprint density at radius 3 is 2.26 bits per heavy atom. The molecule has 19 heavy (non-hydrogen) atoms. The summed E-state index contributed by atoms with van der Waals surface area (Å²) < 4.78 is 0. The molecule has 1 aliphatic carbocycles. The average molecular weight is 260 g/mol. The summed E-state index contributed by atoms with van der Waals surface area (Å²) in [6, 6.07) is 5.04. The van der Waals surface area contributed by atoms with Crippen LogP contribution in [0.3, 0.4) is 0 Å². The van der Waals surface area contributed by atoms with Crippen molar-refractivity contribution < 1.29 is 0 Å². The Morgan fingerprint density at radius 1 is 1.16 bits per heavy atom. The first-order chi connectivity index (χ1) is 9.10. The van der Waals surface area contributed by atoms with Crippen LogP contribution in [0.25, 0.3) is 0 Å². The summed E-state index contributed by atoms with van der Waals surface area (Å²) in [5, 5.41) is 3.71. The Hall–Kier alpha value is -0.890. The van der Waals surface area contributed by atoms with Crippen molar-refractivity contribution in [3.05, 3.63) is 29.1 Å². The summed E-state index contributed by atoms with van der Waals surface area (Å²) in [7, 11) is 0. The highest BCUT2D eigenvalue weighted by Crippen LogP contribution is 2.36. The number of nitrogens with one attached hydrogen (secondary N) is 1. The van der Waals surface area contributed by atoms with Crippen molar-refractivity contribution in [2.75, 3.05) is 6.54 Å². The van der Waals surface area contributed by atoms with Crippen LogP contribution in [-0.4, -0.2) is 11.5 Å². The molecule has 2 rings (SSSR count). The van der Waals surface area contributed by atoms with Gasteiger partial charge in [-0.3, -0.25) is 4.98 Å². The molecular formula is C17H28N2. The maximum Gasteiger partial charge on any atom is 0.0379 e. The fourth-order valence-corrected chi connectivity index (χ4v) is 3.44. The molecule has 1 atom stereocenters. The molecule has 1 N–H and O–H groups in total. The molecule has 0 spiro atoms. The third-order valence-electron chi connectivity index (χ3n) is 4.42. The highest BCUT2D eigenvalue weighted by molar-refractivity contribution is 5.24. The summed E-state index contributed by atoms with van der Waals surface area (Å²) in [4.78, 5) is 4.51. The van der Waals surface area contributed by atoms with Gasteiger partial charge in [0.25, 0.3) is 0 Å². The summed E-state index contributed by atoms with van der Waals surface area (Å²) in [5.41, 5.74) is 3.72. The monoisotopic (exact) mass is 260 g/mol. The van der Waals surface area contributed by atoms with E-state index in [-0.39, 0.29) is 0 Å². The van der Waals surface area contributed by atoms with Crippen LogP contribution < -0.4 is 5.32 Å². The van der Waals surface area contributed by atoms with Crippen LogP contribution >= 0.6 is 0 Å². The second-order valence-electron chi connectivity index (χ2n) is 6.24. The normalized spacial score (nSPS) is 25.3. The number of aryl methyl sites for hydroxylation is 2. The van der Waals surface area contributed by atoms with E-state index in [2.05, 4.69) is 50.1 Å². The Labute approximate surface area is 118 Å². The van der Waals surface area contributed by atoms with Crippen LogP contribution in [0.2, 0.25) is 0 Å². The molecule has 1 heterocycles. The zero-order valence-corrected chi connectivity index (χ0v) is 12.9. The van der Waals surface area contributed by atoms with E-state index in [4.69, 9.17) is 0 Å². The number of nitrogens with zero attached hydrogens (tertiary/aromatic N) is 1. The van der Waals surface area contributed by atoms with Crippen LogP contribution in [0.15, 0.2) is 12.1 Å². The lowest BCUT2D eigenvalue weighted by Gasteiger charge is -2.33. The topological polar surface area (TPSA) is 24.9 Å². The lowest BCUT2D eigenvalue weighted by Crippen LogP contribution is -2.31. The molecule has 0 saturated heterocycles. The third-order valence-corrected chi connectivity index (χ3v) is 4.42. The van der Waals surface area contributed by atoms with E-state index in [9.17, 15) is 0 Å². The molecule has 1 aliphatic rings. The van der Waals surface area contributed by atoms with E-state index in [1.807, 2.05) is 0 Å². The number of rotatable bonds is 4. The minimum atomic E-state index is 0.512. The van der Waals surface area contributed by atoms with Gasteiger partial charge < -0.3 is 5.32 Å². The van der Waals surface area contributed by atoms with Crippen LogP contribution in [0.4, 0.5) is 0 Å². The Kier molecular flexibility index (Phi) is 4.98. The van der Waals surface area contributed by atoms with Crippen LogP contribution in [0, 0.1) is 25.7 Å². The molecular weight excluding hydrogens is 232 g/mol. The highest BCUT2D eigenvalue weighted by Gasteiger charge is 2.26. The third kappa shape index (κ3) is 3.79. The van der Waals surface area contributed by atoms with Crippen molar-refractivity contribution in [1.29, 1.82) is 0 Å². The van der Waals surface area contributed by atoms with Crippen molar-refractivity contribution >= 4 is 0 Å². The van der Waals surface area contributed by atoms with Gasteiger partial charge >= 0.3 is 0 Å². The molecule has 2 heteroatoms. The molecule has 0 amide bonds. The lowest BCUT2D eigenvalue weighted by molar-refractivity contribution is 0.233. The predicted molar refractivity (Wildman–Crippen MR) is 81.3 cm³/mol. The first-order valence-corrected chi connectivity index (χ1v) is 7.78. The standard InChI is InChI=1S/C17H28N2/c1-5-18-17(15-8-6-12(2)7-9-15)16-10-13(3)19-14(4)11-16/h10-12,15,17-18H,5-9H2,1-4H3. The molecule has 106 valence electrons. The van der Waals surface area contributed by atoms with Gasteiger partial charge in [0.15, 0.2) is 0 Å². The van der Waals surface area contributed by atoms with E-state index in [0.29, 0.717) is 6.04 Å². The number of hydrogen-bond acceptors (Lipinski definition) is 2. The van der Waals surface area contributed by atoms with Gasteiger partial charge in [0.05, 0.1) is 0 Å². The van der Waals surface area contributed by atoms with Gasteiger partial charge in [0, 0.05) is 17.4 Å². The minimum Gasteiger partial charge on any atom is -0.310 e. The van der Waals surface area contributed by atoms with Gasteiger partial charge in [0.2, 0.25) is 0 Å². The van der Waals surface area contributed by atoms with Crippen molar-refractivity contribution in [2.24, 2.45) is 11.8 Å². The summed E-state index contributed by atoms with van der Waals surface area (Å²) in [6.45, 7) is 9.83. The van der Waals surface area contributed by atoms with E-state index in [0.717, 1.165) is 29.8 Å². The van der Waals surface area contributed by atoms with E-state index < -0.39 is 0 Å². The molecule has 0 aliphatic heterocycles. The first kappa shape index (κ1) is 14.5. The Bertz CT molecular complexity index is 385. The zero-order valence-electron chi connectivity index (χ0n) is 12.9. The second-order valence-corrected chi connectivity index (χ2v) is 6.24. The van der Waals surface area contributed by atoms with E-state index in [1.54, 1.807) is 0 Å². The van der Waals surface area contributed by atoms with Crippen molar-refractivity contribution in [3.63, 3.8) is 0 Å². The Morgan fingerprint density at radius 2 is 1.74 bits per heavy atom. The molecule has 0 aromatic carbocycles. The van der Waals surface area contributed by atoms with Crippen LogP contribution in [0.1, 0.15) is 62.5 Å². The quantitative estimate of drug-likeness (QED) is 0.878. The number of hydrogen-bond donors (Lipinski definition) is 1. The van der Waals surface area contributed by atoms with Gasteiger partial charge in [-0.05, 0) is 62.8 Å². The number of aromatic nitrogens is 1. The predicted octanol–water partition coefficient (Wildman–Crippen LogP) is 4.18. The molecule has 1 aromatic heterocycles. The lowest BCUT2D eigenvalue weighted by atomic mass is 9.77. The molecule has 1 saturated carbocycles. The second kappa shape index (κ2) is 6.51. The SMILES string of the molecule is CCNC(c1cc(C)nc(C)c1)C1CCC(C)CC1. The van der Waals surface area contributed by atoms with E-state index in [1.165, 1.54) is 31.2 Å².